The van der Waals surface area contributed by atoms with Gasteiger partial charge in [-0.1, -0.05) is 0 Å². The number of carbonyl (C=O) groups excluding carboxylic acids is 1. The molecule has 1 aliphatic rings. The van der Waals surface area contributed by atoms with Crippen LogP contribution < -0.4 is 9.47 Å². The molecule has 0 saturated heterocycles. The first-order valence-corrected chi connectivity index (χ1v) is 5.26. The first-order chi connectivity index (χ1) is 8.15. The second kappa shape index (κ2) is 4.63. The molecule has 0 saturated carbocycles. The predicted molar refractivity (Wildman–Crippen MR) is 61.3 cm³/mol. The van der Waals surface area contributed by atoms with Gasteiger partial charge in [0.1, 0.15) is 6.73 Å². The maximum atomic E-state index is 11.5. The van der Waals surface area contributed by atoms with Crippen molar-refractivity contribution >= 4 is 5.97 Å². The summed E-state index contributed by atoms with van der Waals surface area (Å²) in [6.45, 7) is 1.23. The summed E-state index contributed by atoms with van der Waals surface area (Å²) in [4.78, 5) is 13.5. The van der Waals surface area contributed by atoms with Gasteiger partial charge in [-0.3, -0.25) is 4.90 Å². The molecule has 1 heterocycles. The first kappa shape index (κ1) is 11.7. The number of fused-ring (bicyclic) bond motifs is 1. The molecule has 92 valence electrons. The molecule has 0 atom stereocenters. The number of nitrogens with zero attached hydrogens (tertiary/aromatic N) is 1. The number of methoxy groups -OCH3 is 2. The Bertz CT molecular complexity index is 444. The minimum absolute atomic E-state index is 0.376. The molecule has 0 unspecified atom stereocenters. The Kier molecular flexibility index (Phi) is 3.19. The Balaban J connectivity index is 2.46. The Morgan fingerprint density at radius 1 is 1.41 bits per heavy atom. The van der Waals surface area contributed by atoms with Crippen molar-refractivity contribution < 1.29 is 19.0 Å². The molecule has 0 amide bonds. The van der Waals surface area contributed by atoms with Gasteiger partial charge in [-0.15, -0.1) is 0 Å². The quantitative estimate of drug-likeness (QED) is 0.725. The number of hydrogen-bond donors (Lipinski definition) is 0. The minimum atomic E-state index is -0.376. The number of rotatable bonds is 2. The maximum Gasteiger partial charge on any atom is 0.337 e. The fraction of sp³-hybridized carbons (Fsp3) is 0.417. The molecule has 0 N–H and O–H groups in total. The number of esters is 1. The smallest absolute Gasteiger partial charge is 0.337 e. The van der Waals surface area contributed by atoms with Crippen molar-refractivity contribution in [2.75, 3.05) is 28.0 Å². The van der Waals surface area contributed by atoms with Gasteiger partial charge in [0, 0.05) is 12.1 Å². The standard InChI is InChI=1S/C12H15NO4/c1-13-6-9-4-8(12(14)16-3)5-10(15-2)11(9)17-7-13/h4-5H,6-7H2,1-3H3. The van der Waals surface area contributed by atoms with E-state index in [0.717, 1.165) is 12.1 Å². The van der Waals surface area contributed by atoms with E-state index in [1.165, 1.54) is 7.11 Å². The van der Waals surface area contributed by atoms with Crippen molar-refractivity contribution in [2.24, 2.45) is 0 Å². The van der Waals surface area contributed by atoms with Crippen molar-refractivity contribution in [2.45, 2.75) is 6.54 Å². The number of carbonyl (C=O) groups is 1. The molecule has 5 nitrogen and oxygen atoms in total. The highest BCUT2D eigenvalue weighted by Gasteiger charge is 2.21. The van der Waals surface area contributed by atoms with Gasteiger partial charge >= 0.3 is 5.97 Å². The molecule has 0 fully saturated rings. The fourth-order valence-corrected chi connectivity index (χ4v) is 1.84. The summed E-state index contributed by atoms with van der Waals surface area (Å²) in [6.07, 6.45) is 0. The van der Waals surface area contributed by atoms with Crippen molar-refractivity contribution in [1.29, 1.82) is 0 Å². The lowest BCUT2D eigenvalue weighted by atomic mass is 10.1. The Morgan fingerprint density at radius 2 is 2.18 bits per heavy atom. The van der Waals surface area contributed by atoms with Crippen LogP contribution in [0.2, 0.25) is 0 Å². The second-order valence-corrected chi connectivity index (χ2v) is 3.95. The number of ether oxygens (including phenoxy) is 3. The molecule has 2 rings (SSSR count). The van der Waals surface area contributed by atoms with Crippen LogP contribution in [-0.2, 0) is 11.3 Å². The SMILES string of the molecule is COC(=O)c1cc2c(c(OC)c1)OCN(C)C2. The topological polar surface area (TPSA) is 48.0 Å². The van der Waals surface area contributed by atoms with Crippen LogP contribution in [0.3, 0.4) is 0 Å². The molecule has 0 spiro atoms. The molecule has 1 aromatic rings. The zero-order valence-electron chi connectivity index (χ0n) is 10.1. The van der Waals surface area contributed by atoms with Gasteiger partial charge in [0.05, 0.1) is 19.8 Å². The predicted octanol–water partition coefficient (Wildman–Crippen LogP) is 1.26. The zero-order chi connectivity index (χ0) is 12.4. The maximum absolute atomic E-state index is 11.5. The van der Waals surface area contributed by atoms with Crippen LogP contribution in [0.4, 0.5) is 0 Å². The molecule has 1 aromatic carbocycles. The normalized spacial score (nSPS) is 14.8. The molecule has 1 aliphatic heterocycles. The van der Waals surface area contributed by atoms with Crippen molar-refractivity contribution in [3.63, 3.8) is 0 Å². The average Bonchev–Trinajstić information content (AvgIpc) is 2.35. The van der Waals surface area contributed by atoms with Crippen LogP contribution in [-0.4, -0.2) is 38.9 Å². The summed E-state index contributed by atoms with van der Waals surface area (Å²) in [5, 5.41) is 0. The fourth-order valence-electron chi connectivity index (χ4n) is 1.84. The first-order valence-electron chi connectivity index (χ1n) is 5.26. The van der Waals surface area contributed by atoms with Gasteiger partial charge in [0.2, 0.25) is 0 Å². The molecular weight excluding hydrogens is 222 g/mol. The molecular formula is C12H15NO4. The summed E-state index contributed by atoms with van der Waals surface area (Å²) < 4.78 is 15.5. The Labute approximate surface area is 99.9 Å². The monoisotopic (exact) mass is 237 g/mol. The molecule has 0 aliphatic carbocycles. The molecule has 0 bridgehead atoms. The Hall–Kier alpha value is -1.75. The minimum Gasteiger partial charge on any atom is -0.493 e. The van der Waals surface area contributed by atoms with Crippen LogP contribution in [0.5, 0.6) is 11.5 Å². The van der Waals surface area contributed by atoms with E-state index >= 15 is 0 Å². The second-order valence-electron chi connectivity index (χ2n) is 3.95. The highest BCUT2D eigenvalue weighted by atomic mass is 16.5. The van der Waals surface area contributed by atoms with E-state index in [9.17, 15) is 4.79 Å². The lowest BCUT2D eigenvalue weighted by Gasteiger charge is -2.27. The molecule has 5 heteroatoms. The average molecular weight is 237 g/mol. The Morgan fingerprint density at radius 3 is 2.82 bits per heavy atom. The largest absolute Gasteiger partial charge is 0.493 e. The highest BCUT2D eigenvalue weighted by molar-refractivity contribution is 5.90. The lowest BCUT2D eigenvalue weighted by molar-refractivity contribution is 0.0599. The van der Waals surface area contributed by atoms with E-state index in [2.05, 4.69) is 0 Å². The van der Waals surface area contributed by atoms with E-state index in [4.69, 9.17) is 14.2 Å². The van der Waals surface area contributed by atoms with E-state index in [1.807, 2.05) is 11.9 Å². The van der Waals surface area contributed by atoms with Gasteiger partial charge in [-0.05, 0) is 19.2 Å². The van der Waals surface area contributed by atoms with Crippen LogP contribution in [0, 0.1) is 0 Å². The van der Waals surface area contributed by atoms with Gasteiger partial charge in [-0.2, -0.15) is 0 Å². The zero-order valence-corrected chi connectivity index (χ0v) is 10.1. The van der Waals surface area contributed by atoms with Crippen molar-refractivity contribution in [3.8, 4) is 11.5 Å². The van der Waals surface area contributed by atoms with Crippen LogP contribution in [0.1, 0.15) is 15.9 Å². The van der Waals surface area contributed by atoms with E-state index < -0.39 is 0 Å². The van der Waals surface area contributed by atoms with Crippen LogP contribution in [0.15, 0.2) is 12.1 Å². The van der Waals surface area contributed by atoms with Crippen LogP contribution in [0.25, 0.3) is 0 Å². The lowest BCUT2D eigenvalue weighted by Crippen LogP contribution is -2.28. The molecule has 17 heavy (non-hydrogen) atoms. The summed E-state index contributed by atoms with van der Waals surface area (Å²) in [6, 6.07) is 3.41. The van der Waals surface area contributed by atoms with Gasteiger partial charge in [0.15, 0.2) is 11.5 Å². The third kappa shape index (κ3) is 2.19. The number of benzene rings is 1. The van der Waals surface area contributed by atoms with Gasteiger partial charge in [0.25, 0.3) is 0 Å². The number of hydrogen-bond acceptors (Lipinski definition) is 5. The summed E-state index contributed by atoms with van der Waals surface area (Å²) in [5.41, 5.74) is 1.40. The van der Waals surface area contributed by atoms with E-state index in [0.29, 0.717) is 23.8 Å². The highest BCUT2D eigenvalue weighted by Crippen LogP contribution is 2.36. The van der Waals surface area contributed by atoms with E-state index in [-0.39, 0.29) is 5.97 Å². The van der Waals surface area contributed by atoms with Gasteiger partial charge in [-0.25, -0.2) is 4.79 Å². The molecule has 0 radical (unpaired) electrons. The van der Waals surface area contributed by atoms with E-state index in [1.54, 1.807) is 19.2 Å². The summed E-state index contributed by atoms with van der Waals surface area (Å²) in [7, 11) is 4.86. The van der Waals surface area contributed by atoms with Crippen molar-refractivity contribution in [1.82, 2.24) is 4.90 Å². The van der Waals surface area contributed by atoms with Crippen molar-refractivity contribution in [3.05, 3.63) is 23.3 Å². The third-order valence-corrected chi connectivity index (χ3v) is 2.64. The summed E-state index contributed by atoms with van der Waals surface area (Å²) in [5.74, 6) is 0.897. The molecule has 0 aromatic heterocycles. The summed E-state index contributed by atoms with van der Waals surface area (Å²) >= 11 is 0. The third-order valence-electron chi connectivity index (χ3n) is 2.64. The van der Waals surface area contributed by atoms with Crippen LogP contribution >= 0.6 is 0 Å². The van der Waals surface area contributed by atoms with Gasteiger partial charge < -0.3 is 14.2 Å².